The fraction of sp³-hybridized carbons (Fsp3) is 0.500. The molecule has 5 nitrogen and oxygen atoms in total. The van der Waals surface area contributed by atoms with Gasteiger partial charge >= 0.3 is 0 Å². The third-order valence-corrected chi connectivity index (χ3v) is 2.96. The van der Waals surface area contributed by atoms with Gasteiger partial charge < -0.3 is 14.8 Å². The van der Waals surface area contributed by atoms with Gasteiger partial charge in [-0.3, -0.25) is 10.1 Å². The van der Waals surface area contributed by atoms with E-state index in [9.17, 15) is 4.79 Å². The van der Waals surface area contributed by atoms with Crippen molar-refractivity contribution < 1.29 is 14.3 Å². The summed E-state index contributed by atoms with van der Waals surface area (Å²) in [6, 6.07) is 7.09. The molecule has 1 rings (SSSR count). The standard InChI is InChI=1S/C16H24N2O3S/c1-4-20-14-9-6-5-8-13(14)15(19)18-16(22)17-10-7-11-21-12(2)3/h5-6,8-9,12H,4,7,10-11H2,1-3H3,(H2,17,18,19,22). The Morgan fingerprint density at radius 3 is 2.73 bits per heavy atom. The summed E-state index contributed by atoms with van der Waals surface area (Å²) in [4.78, 5) is 12.2. The summed E-state index contributed by atoms with van der Waals surface area (Å²) in [7, 11) is 0. The maximum atomic E-state index is 12.2. The van der Waals surface area contributed by atoms with Crippen LogP contribution in [0.25, 0.3) is 0 Å². The SMILES string of the molecule is CCOc1ccccc1C(=O)NC(=S)NCCCOC(C)C. The second-order valence-corrected chi connectivity index (χ2v) is 5.32. The molecule has 1 amide bonds. The molecule has 2 N–H and O–H groups in total. The summed E-state index contributed by atoms with van der Waals surface area (Å²) in [6.45, 7) is 7.68. The summed E-state index contributed by atoms with van der Waals surface area (Å²) in [5, 5.41) is 5.95. The van der Waals surface area contributed by atoms with Crippen LogP contribution < -0.4 is 15.4 Å². The number of amides is 1. The molecular weight excluding hydrogens is 300 g/mol. The van der Waals surface area contributed by atoms with Crippen LogP contribution in [0.2, 0.25) is 0 Å². The number of rotatable bonds is 8. The van der Waals surface area contributed by atoms with Crippen LogP contribution in [0.3, 0.4) is 0 Å². The van der Waals surface area contributed by atoms with E-state index in [2.05, 4.69) is 10.6 Å². The van der Waals surface area contributed by atoms with Gasteiger partial charge in [-0.25, -0.2) is 0 Å². The minimum Gasteiger partial charge on any atom is -0.493 e. The van der Waals surface area contributed by atoms with Crippen LogP contribution in [0.15, 0.2) is 24.3 Å². The summed E-state index contributed by atoms with van der Waals surface area (Å²) >= 11 is 5.11. The monoisotopic (exact) mass is 324 g/mol. The van der Waals surface area contributed by atoms with Gasteiger partial charge in [0.2, 0.25) is 0 Å². The van der Waals surface area contributed by atoms with E-state index in [0.29, 0.717) is 36.2 Å². The van der Waals surface area contributed by atoms with Gasteiger partial charge in [-0.2, -0.15) is 0 Å². The highest BCUT2D eigenvalue weighted by Gasteiger charge is 2.12. The molecule has 122 valence electrons. The number of carbonyl (C=O) groups excluding carboxylic acids is 1. The van der Waals surface area contributed by atoms with Crippen LogP contribution in [0.4, 0.5) is 0 Å². The van der Waals surface area contributed by atoms with E-state index in [1.54, 1.807) is 18.2 Å². The number of benzene rings is 1. The molecule has 0 radical (unpaired) electrons. The number of thiocarbonyl (C=S) groups is 1. The molecule has 1 aromatic rings. The predicted octanol–water partition coefficient (Wildman–Crippen LogP) is 2.50. The lowest BCUT2D eigenvalue weighted by molar-refractivity contribution is 0.0777. The first kappa shape index (κ1) is 18.4. The first-order chi connectivity index (χ1) is 10.5. The van der Waals surface area contributed by atoms with Crippen molar-refractivity contribution >= 4 is 23.2 Å². The maximum Gasteiger partial charge on any atom is 0.261 e. The molecule has 0 fully saturated rings. The highest BCUT2D eigenvalue weighted by atomic mass is 32.1. The number of carbonyl (C=O) groups is 1. The Bertz CT molecular complexity index is 492. The molecule has 0 saturated carbocycles. The van der Waals surface area contributed by atoms with E-state index in [-0.39, 0.29) is 12.0 Å². The maximum absolute atomic E-state index is 12.2. The zero-order valence-electron chi connectivity index (χ0n) is 13.3. The lowest BCUT2D eigenvalue weighted by atomic mass is 10.2. The van der Waals surface area contributed by atoms with Crippen molar-refractivity contribution in [2.24, 2.45) is 0 Å². The van der Waals surface area contributed by atoms with Gasteiger partial charge in [0.05, 0.1) is 18.3 Å². The molecule has 0 atom stereocenters. The predicted molar refractivity (Wildman–Crippen MR) is 91.4 cm³/mol. The van der Waals surface area contributed by atoms with Gasteiger partial charge in [0.15, 0.2) is 5.11 Å². The minimum absolute atomic E-state index is 0.224. The third-order valence-electron chi connectivity index (χ3n) is 2.72. The summed E-state index contributed by atoms with van der Waals surface area (Å²) in [5.74, 6) is 0.274. The van der Waals surface area contributed by atoms with Gasteiger partial charge in [-0.1, -0.05) is 12.1 Å². The number of nitrogens with one attached hydrogen (secondary N) is 2. The first-order valence-electron chi connectivity index (χ1n) is 7.47. The van der Waals surface area contributed by atoms with Gasteiger partial charge in [0, 0.05) is 13.2 Å². The lowest BCUT2D eigenvalue weighted by Gasteiger charge is -2.12. The molecule has 22 heavy (non-hydrogen) atoms. The molecular formula is C16H24N2O3S. The fourth-order valence-electron chi connectivity index (χ4n) is 1.74. The first-order valence-corrected chi connectivity index (χ1v) is 7.88. The third kappa shape index (κ3) is 6.87. The highest BCUT2D eigenvalue weighted by molar-refractivity contribution is 7.80. The zero-order valence-corrected chi connectivity index (χ0v) is 14.2. The second-order valence-electron chi connectivity index (χ2n) is 4.91. The van der Waals surface area contributed by atoms with Crippen LogP contribution in [-0.2, 0) is 4.74 Å². The second kappa shape index (κ2) is 10.1. The molecule has 1 aromatic carbocycles. The molecule has 0 aliphatic heterocycles. The molecule has 0 aliphatic rings. The number of hydrogen-bond acceptors (Lipinski definition) is 4. The molecule has 0 saturated heterocycles. The number of para-hydroxylation sites is 1. The Morgan fingerprint density at radius 1 is 1.32 bits per heavy atom. The van der Waals surface area contributed by atoms with Crippen molar-refractivity contribution in [1.29, 1.82) is 0 Å². The van der Waals surface area contributed by atoms with Gasteiger partial charge in [0.25, 0.3) is 5.91 Å². The van der Waals surface area contributed by atoms with Crippen LogP contribution >= 0.6 is 12.2 Å². The van der Waals surface area contributed by atoms with Crippen LogP contribution in [0.5, 0.6) is 5.75 Å². The van der Waals surface area contributed by atoms with Crippen LogP contribution in [0, 0.1) is 0 Å². The normalized spacial score (nSPS) is 10.4. The van der Waals surface area contributed by atoms with E-state index >= 15 is 0 Å². The van der Waals surface area contributed by atoms with E-state index in [1.807, 2.05) is 26.8 Å². The van der Waals surface area contributed by atoms with Crippen molar-refractivity contribution in [2.45, 2.75) is 33.3 Å². The molecule has 0 aromatic heterocycles. The van der Waals surface area contributed by atoms with Crippen LogP contribution in [0.1, 0.15) is 37.6 Å². The van der Waals surface area contributed by atoms with E-state index in [4.69, 9.17) is 21.7 Å². The van der Waals surface area contributed by atoms with Crippen molar-refractivity contribution in [2.75, 3.05) is 19.8 Å². The van der Waals surface area contributed by atoms with Crippen molar-refractivity contribution in [3.63, 3.8) is 0 Å². The number of hydrogen-bond donors (Lipinski definition) is 2. The highest BCUT2D eigenvalue weighted by Crippen LogP contribution is 2.17. The molecule has 0 spiro atoms. The van der Waals surface area contributed by atoms with Gasteiger partial charge in [-0.15, -0.1) is 0 Å². The summed E-state index contributed by atoms with van der Waals surface area (Å²) in [5.41, 5.74) is 0.469. The molecule has 0 unspecified atom stereocenters. The quantitative estimate of drug-likeness (QED) is 0.568. The van der Waals surface area contributed by atoms with E-state index in [0.717, 1.165) is 6.42 Å². The van der Waals surface area contributed by atoms with Crippen molar-refractivity contribution in [3.8, 4) is 5.75 Å². The Hall–Kier alpha value is -1.66. The Kier molecular flexibility index (Phi) is 8.47. The van der Waals surface area contributed by atoms with Gasteiger partial charge in [0.1, 0.15) is 5.75 Å². The lowest BCUT2D eigenvalue weighted by Crippen LogP contribution is -2.40. The average molecular weight is 324 g/mol. The molecule has 0 bridgehead atoms. The Labute approximate surface area is 137 Å². The minimum atomic E-state index is -0.278. The number of ether oxygens (including phenoxy) is 2. The van der Waals surface area contributed by atoms with E-state index in [1.165, 1.54) is 0 Å². The molecule has 0 heterocycles. The Balaban J connectivity index is 2.39. The van der Waals surface area contributed by atoms with E-state index < -0.39 is 0 Å². The summed E-state index contributed by atoms with van der Waals surface area (Å²) < 4.78 is 10.9. The van der Waals surface area contributed by atoms with Crippen molar-refractivity contribution in [1.82, 2.24) is 10.6 Å². The molecule has 6 heteroatoms. The topological polar surface area (TPSA) is 59.6 Å². The van der Waals surface area contributed by atoms with Gasteiger partial charge in [-0.05, 0) is 51.5 Å². The molecule has 0 aliphatic carbocycles. The largest absolute Gasteiger partial charge is 0.493 e. The Morgan fingerprint density at radius 2 is 2.05 bits per heavy atom. The summed E-state index contributed by atoms with van der Waals surface area (Å²) in [6.07, 6.45) is 1.05. The van der Waals surface area contributed by atoms with Crippen LogP contribution in [-0.4, -0.2) is 36.9 Å². The smallest absolute Gasteiger partial charge is 0.261 e. The fourth-order valence-corrected chi connectivity index (χ4v) is 1.94. The zero-order chi connectivity index (χ0) is 16.4. The van der Waals surface area contributed by atoms with Crippen molar-refractivity contribution in [3.05, 3.63) is 29.8 Å². The average Bonchev–Trinajstić information content (AvgIpc) is 2.47.